The molecule has 1 aliphatic rings. The molecule has 104 valence electrons. The third-order valence-corrected chi connectivity index (χ3v) is 3.82. The van der Waals surface area contributed by atoms with E-state index in [0.29, 0.717) is 5.92 Å². The van der Waals surface area contributed by atoms with E-state index in [1.165, 1.54) is 0 Å². The van der Waals surface area contributed by atoms with Crippen molar-refractivity contribution in [3.05, 3.63) is 12.7 Å². The lowest BCUT2D eigenvalue weighted by molar-refractivity contribution is 0.0797. The van der Waals surface area contributed by atoms with E-state index < -0.39 is 8.32 Å². The zero-order valence-corrected chi connectivity index (χ0v) is 13.4. The maximum Gasteiger partial charge on any atom is 0.184 e. The summed E-state index contributed by atoms with van der Waals surface area (Å²) in [5, 5.41) is 4.26. The summed E-state index contributed by atoms with van der Waals surface area (Å²) in [5.74, 6) is 0.442. The zero-order valence-electron chi connectivity index (χ0n) is 12.4. The van der Waals surface area contributed by atoms with Crippen LogP contribution in [0.15, 0.2) is 17.8 Å². The minimum absolute atomic E-state index is 0.116. The van der Waals surface area contributed by atoms with Crippen LogP contribution in [-0.2, 0) is 9.26 Å². The fourth-order valence-corrected chi connectivity index (χ4v) is 3.22. The minimum Gasteiger partial charge on any atom is -0.409 e. The van der Waals surface area contributed by atoms with E-state index in [0.717, 1.165) is 25.0 Å². The Morgan fingerprint density at radius 2 is 2.17 bits per heavy atom. The van der Waals surface area contributed by atoms with Gasteiger partial charge < -0.3 is 9.26 Å². The summed E-state index contributed by atoms with van der Waals surface area (Å²) in [6.45, 7) is 14.8. The van der Waals surface area contributed by atoms with Crippen LogP contribution in [0.3, 0.4) is 0 Å². The molecule has 0 N–H and O–H groups in total. The molecule has 0 radical (unpaired) electrons. The monoisotopic (exact) mass is 269 g/mol. The van der Waals surface area contributed by atoms with Crippen LogP contribution in [0.4, 0.5) is 0 Å². The Morgan fingerprint density at radius 1 is 1.50 bits per heavy atom. The third-order valence-electron chi connectivity index (χ3n) is 2.86. The van der Waals surface area contributed by atoms with Crippen molar-refractivity contribution in [2.24, 2.45) is 11.1 Å². The molecule has 0 amide bonds. The molecule has 18 heavy (non-hydrogen) atoms. The number of oxime groups is 1. The van der Waals surface area contributed by atoms with Crippen LogP contribution in [0.5, 0.6) is 0 Å². The van der Waals surface area contributed by atoms with Gasteiger partial charge >= 0.3 is 0 Å². The average molecular weight is 269 g/mol. The van der Waals surface area contributed by atoms with Crippen molar-refractivity contribution < 1.29 is 9.26 Å². The molecule has 4 heteroatoms. The predicted octanol–water partition coefficient (Wildman–Crippen LogP) is 3.97. The lowest BCUT2D eigenvalue weighted by atomic mass is 9.98. The number of allylic oxidation sites excluding steroid dienone is 1. The van der Waals surface area contributed by atoms with E-state index >= 15 is 0 Å². The SMILES string of the molecule is C=CCCC1CC(C(O[Si](C)(C)C)C(C)C)=NO1. The molecule has 0 saturated heterocycles. The Bertz CT molecular complexity index is 307. The Kier molecular flexibility index (Phi) is 5.60. The van der Waals surface area contributed by atoms with Crippen LogP contribution in [0, 0.1) is 5.92 Å². The first-order valence-corrected chi connectivity index (χ1v) is 10.3. The van der Waals surface area contributed by atoms with E-state index in [1.807, 2.05) is 6.08 Å². The molecule has 0 aromatic heterocycles. The molecular weight excluding hydrogens is 242 g/mol. The Morgan fingerprint density at radius 3 is 2.67 bits per heavy atom. The van der Waals surface area contributed by atoms with Gasteiger partial charge in [0.05, 0.1) is 11.8 Å². The summed E-state index contributed by atoms with van der Waals surface area (Å²) in [6, 6.07) is 0. The first-order valence-electron chi connectivity index (χ1n) is 6.84. The van der Waals surface area contributed by atoms with Crippen LogP contribution in [0.2, 0.25) is 19.6 Å². The number of hydrogen-bond acceptors (Lipinski definition) is 3. The highest BCUT2D eigenvalue weighted by atomic mass is 28.4. The first kappa shape index (κ1) is 15.4. The van der Waals surface area contributed by atoms with E-state index in [1.54, 1.807) is 0 Å². The normalized spacial score (nSPS) is 21.7. The van der Waals surface area contributed by atoms with Gasteiger partial charge in [0.1, 0.15) is 6.10 Å². The number of rotatable bonds is 7. The van der Waals surface area contributed by atoms with Crippen molar-refractivity contribution in [2.75, 3.05) is 0 Å². The molecule has 0 saturated carbocycles. The van der Waals surface area contributed by atoms with Crippen molar-refractivity contribution in [1.29, 1.82) is 0 Å². The highest BCUT2D eigenvalue weighted by Crippen LogP contribution is 2.24. The van der Waals surface area contributed by atoms with E-state index in [-0.39, 0.29) is 12.2 Å². The second-order valence-electron chi connectivity index (χ2n) is 6.28. The summed E-state index contributed by atoms with van der Waals surface area (Å²) in [5.41, 5.74) is 1.08. The molecule has 0 aromatic rings. The summed E-state index contributed by atoms with van der Waals surface area (Å²) < 4.78 is 6.24. The van der Waals surface area contributed by atoms with Crippen LogP contribution in [-0.4, -0.2) is 26.2 Å². The zero-order chi connectivity index (χ0) is 13.8. The molecule has 2 atom stereocenters. The Labute approximate surface area is 112 Å². The average Bonchev–Trinajstić information content (AvgIpc) is 2.70. The van der Waals surface area contributed by atoms with Crippen molar-refractivity contribution in [2.45, 2.75) is 65.0 Å². The summed E-state index contributed by atoms with van der Waals surface area (Å²) in [4.78, 5) is 5.49. The second-order valence-corrected chi connectivity index (χ2v) is 10.7. The maximum absolute atomic E-state index is 6.24. The first-order chi connectivity index (χ1) is 8.33. The van der Waals surface area contributed by atoms with Crippen LogP contribution in [0.1, 0.15) is 33.1 Å². The van der Waals surface area contributed by atoms with Gasteiger partial charge in [-0.05, 0) is 38.4 Å². The molecule has 1 rings (SSSR count). The lowest BCUT2D eigenvalue weighted by Crippen LogP contribution is -2.39. The van der Waals surface area contributed by atoms with Crippen molar-refractivity contribution in [3.63, 3.8) is 0 Å². The fourth-order valence-electron chi connectivity index (χ4n) is 2.05. The van der Waals surface area contributed by atoms with Gasteiger partial charge in [0.2, 0.25) is 0 Å². The van der Waals surface area contributed by atoms with Crippen LogP contribution < -0.4 is 0 Å². The van der Waals surface area contributed by atoms with Gasteiger partial charge in [-0.2, -0.15) is 0 Å². The number of hydrogen-bond donors (Lipinski definition) is 0. The minimum atomic E-state index is -1.55. The Hall–Kier alpha value is -0.613. The molecular formula is C14H27NO2Si. The van der Waals surface area contributed by atoms with Gasteiger partial charge in [-0.1, -0.05) is 25.1 Å². The number of nitrogens with zero attached hydrogens (tertiary/aromatic N) is 1. The topological polar surface area (TPSA) is 30.8 Å². The highest BCUT2D eigenvalue weighted by Gasteiger charge is 2.32. The standard InChI is InChI=1S/C14H27NO2Si/c1-7-8-9-12-10-13(15-16-12)14(11(2)3)17-18(4,5)6/h7,11-12,14H,1,8-10H2,2-6H3. The summed E-state index contributed by atoms with van der Waals surface area (Å²) in [7, 11) is -1.55. The van der Waals surface area contributed by atoms with Crippen molar-refractivity contribution in [3.8, 4) is 0 Å². The van der Waals surface area contributed by atoms with Gasteiger partial charge in [-0.25, -0.2) is 0 Å². The summed E-state index contributed by atoms with van der Waals surface area (Å²) in [6.07, 6.45) is 5.14. The maximum atomic E-state index is 6.24. The highest BCUT2D eigenvalue weighted by molar-refractivity contribution is 6.69. The summed E-state index contributed by atoms with van der Waals surface area (Å²) >= 11 is 0. The molecule has 0 spiro atoms. The molecule has 0 aromatic carbocycles. The largest absolute Gasteiger partial charge is 0.409 e. The molecule has 3 nitrogen and oxygen atoms in total. The van der Waals surface area contributed by atoms with Crippen LogP contribution >= 0.6 is 0 Å². The molecule has 1 heterocycles. The Balaban J connectivity index is 2.58. The van der Waals surface area contributed by atoms with Crippen LogP contribution in [0.25, 0.3) is 0 Å². The van der Waals surface area contributed by atoms with E-state index in [4.69, 9.17) is 9.26 Å². The predicted molar refractivity (Wildman–Crippen MR) is 79.4 cm³/mol. The third kappa shape index (κ3) is 4.94. The lowest BCUT2D eigenvalue weighted by Gasteiger charge is -2.28. The molecule has 0 aliphatic carbocycles. The quantitative estimate of drug-likeness (QED) is 0.517. The van der Waals surface area contributed by atoms with Gasteiger partial charge in [0, 0.05) is 6.42 Å². The smallest absolute Gasteiger partial charge is 0.184 e. The molecule has 0 bridgehead atoms. The van der Waals surface area contributed by atoms with Gasteiger partial charge in [0.25, 0.3) is 0 Å². The van der Waals surface area contributed by atoms with Gasteiger partial charge in [0.15, 0.2) is 8.32 Å². The van der Waals surface area contributed by atoms with Gasteiger partial charge in [-0.15, -0.1) is 6.58 Å². The fraction of sp³-hybridized carbons (Fsp3) is 0.786. The van der Waals surface area contributed by atoms with E-state index in [9.17, 15) is 0 Å². The second kappa shape index (κ2) is 6.52. The van der Waals surface area contributed by atoms with Crippen molar-refractivity contribution in [1.82, 2.24) is 0 Å². The molecule has 2 unspecified atom stereocenters. The van der Waals surface area contributed by atoms with Gasteiger partial charge in [-0.3, -0.25) is 0 Å². The molecule has 0 fully saturated rings. The van der Waals surface area contributed by atoms with Crippen molar-refractivity contribution >= 4 is 14.0 Å². The van der Waals surface area contributed by atoms with E-state index in [2.05, 4.69) is 45.2 Å². The molecule has 1 aliphatic heterocycles.